The molecule has 1 heterocycles. The number of amides is 1. The Bertz CT molecular complexity index is 675. The van der Waals surface area contributed by atoms with Gasteiger partial charge in [-0.05, 0) is 51.8 Å². The van der Waals surface area contributed by atoms with Crippen LogP contribution in [-0.4, -0.2) is 26.9 Å². The zero-order valence-corrected chi connectivity index (χ0v) is 11.2. The van der Waals surface area contributed by atoms with Crippen molar-refractivity contribution < 1.29 is 9.72 Å². The van der Waals surface area contributed by atoms with Gasteiger partial charge in [0.05, 0.1) is 0 Å². The average molecular weight is 286 g/mol. The molecule has 0 atom stereocenters. The molecule has 0 aliphatic heterocycles. The number of hydrogen-bond donors (Lipinski definition) is 1. The maximum Gasteiger partial charge on any atom is 0.435 e. The predicted molar refractivity (Wildman–Crippen MR) is 68.8 cm³/mol. The second-order valence-electron chi connectivity index (χ2n) is 7.39. The molecule has 0 bridgehead atoms. The van der Waals surface area contributed by atoms with Crippen LogP contribution in [-0.2, 0) is 11.3 Å². The molecule has 0 spiro atoms. The summed E-state index contributed by atoms with van der Waals surface area (Å²) in [6, 6.07) is 0. The van der Waals surface area contributed by atoms with Crippen LogP contribution < -0.4 is 5.32 Å². The standard InChI is InChI=1S/C14H14N4O3/c19-5(3-17-2-1-15-13(17)18(20)21)16-4-14-10-7-6-8(10)12(14)9(6)11(7)14/h1-2,6-12H,3-4H2,(H,16,19). The van der Waals surface area contributed by atoms with E-state index in [1.165, 1.54) is 17.0 Å². The molecule has 6 fully saturated rings. The van der Waals surface area contributed by atoms with E-state index in [-0.39, 0.29) is 18.4 Å². The third kappa shape index (κ3) is 0.808. The largest absolute Gasteiger partial charge is 0.435 e. The van der Waals surface area contributed by atoms with Crippen LogP contribution in [0.3, 0.4) is 0 Å². The molecule has 108 valence electrons. The van der Waals surface area contributed by atoms with Gasteiger partial charge in [0.25, 0.3) is 5.91 Å². The molecule has 1 aromatic rings. The first-order valence-corrected chi connectivity index (χ1v) is 7.58. The summed E-state index contributed by atoms with van der Waals surface area (Å²) in [5.41, 5.74) is 0.450. The third-order valence-electron chi connectivity index (χ3n) is 7.45. The summed E-state index contributed by atoms with van der Waals surface area (Å²) in [7, 11) is 0. The normalized spacial score (nSPS) is 51.5. The van der Waals surface area contributed by atoms with Crippen molar-refractivity contribution >= 4 is 11.9 Å². The molecule has 0 saturated heterocycles. The predicted octanol–water partition coefficient (Wildman–Crippen LogP) is 0.275. The molecule has 6 saturated carbocycles. The number of rotatable bonds is 5. The highest BCUT2D eigenvalue weighted by Crippen LogP contribution is 3.05. The van der Waals surface area contributed by atoms with Crippen molar-refractivity contribution in [2.45, 2.75) is 6.54 Å². The molecule has 7 nitrogen and oxygen atoms in total. The molecular formula is C14H14N4O3. The zero-order valence-electron chi connectivity index (χ0n) is 11.2. The van der Waals surface area contributed by atoms with Gasteiger partial charge in [0, 0.05) is 6.54 Å². The van der Waals surface area contributed by atoms with E-state index in [2.05, 4.69) is 10.3 Å². The number of aromatic nitrogens is 2. The molecule has 1 N–H and O–H groups in total. The van der Waals surface area contributed by atoms with E-state index < -0.39 is 4.92 Å². The van der Waals surface area contributed by atoms with Crippen LogP contribution in [0.4, 0.5) is 5.95 Å². The van der Waals surface area contributed by atoms with Crippen LogP contribution in [0.2, 0.25) is 0 Å². The van der Waals surface area contributed by atoms with Crippen molar-refractivity contribution in [3.63, 3.8) is 0 Å². The number of nitro groups is 1. The van der Waals surface area contributed by atoms with Crippen LogP contribution in [0, 0.1) is 57.0 Å². The molecule has 6 aliphatic rings. The fourth-order valence-electron chi connectivity index (χ4n) is 7.08. The topological polar surface area (TPSA) is 90.1 Å². The Hall–Kier alpha value is -1.92. The van der Waals surface area contributed by atoms with Crippen LogP contribution in [0.5, 0.6) is 0 Å². The highest BCUT2D eigenvalue weighted by atomic mass is 16.6. The quantitative estimate of drug-likeness (QED) is 0.621. The monoisotopic (exact) mass is 286 g/mol. The Morgan fingerprint density at radius 2 is 2.00 bits per heavy atom. The zero-order chi connectivity index (χ0) is 14.1. The maximum atomic E-state index is 12.0. The summed E-state index contributed by atoms with van der Waals surface area (Å²) in [6.07, 6.45) is 2.83. The fourth-order valence-corrected chi connectivity index (χ4v) is 7.08. The van der Waals surface area contributed by atoms with Gasteiger partial charge < -0.3 is 15.4 Å². The van der Waals surface area contributed by atoms with Crippen molar-refractivity contribution in [1.29, 1.82) is 0 Å². The lowest BCUT2D eigenvalue weighted by Crippen LogP contribution is -3.06. The first-order chi connectivity index (χ1) is 10.2. The Kier molecular flexibility index (Phi) is 1.46. The molecule has 0 aromatic carbocycles. The number of carbonyl (C=O) groups is 1. The molecule has 7 heteroatoms. The van der Waals surface area contributed by atoms with Crippen molar-refractivity contribution in [1.82, 2.24) is 14.9 Å². The first kappa shape index (κ1) is 10.8. The SMILES string of the molecule is O=C(Cn1ccnc1[N+](=O)[O-])NCC12C3C4C5C3C1C5C42. The van der Waals surface area contributed by atoms with Gasteiger partial charge in [-0.2, -0.15) is 0 Å². The van der Waals surface area contributed by atoms with E-state index in [1.54, 1.807) is 0 Å². The number of imidazole rings is 1. The Labute approximate surface area is 119 Å². The highest BCUT2D eigenvalue weighted by molar-refractivity contribution is 5.76. The van der Waals surface area contributed by atoms with Gasteiger partial charge in [-0.15, -0.1) is 0 Å². The molecular weight excluding hydrogens is 272 g/mol. The summed E-state index contributed by atoms with van der Waals surface area (Å²) < 4.78 is 1.29. The van der Waals surface area contributed by atoms with Gasteiger partial charge in [-0.3, -0.25) is 4.79 Å². The number of nitrogens with one attached hydrogen (secondary N) is 1. The lowest BCUT2D eigenvalue weighted by Gasteiger charge is -3.08. The van der Waals surface area contributed by atoms with Crippen LogP contribution in [0.1, 0.15) is 0 Å². The summed E-state index contributed by atoms with van der Waals surface area (Å²) in [5, 5.41) is 13.8. The van der Waals surface area contributed by atoms with Gasteiger partial charge in [0.2, 0.25) is 0 Å². The Morgan fingerprint density at radius 1 is 1.33 bits per heavy atom. The fraction of sp³-hybridized carbons (Fsp3) is 0.714. The van der Waals surface area contributed by atoms with Gasteiger partial charge in [0.1, 0.15) is 12.4 Å². The van der Waals surface area contributed by atoms with Crippen molar-refractivity contribution in [3.05, 3.63) is 22.5 Å². The minimum atomic E-state index is -0.564. The van der Waals surface area contributed by atoms with Crippen LogP contribution in [0.25, 0.3) is 0 Å². The van der Waals surface area contributed by atoms with E-state index in [9.17, 15) is 14.9 Å². The second-order valence-corrected chi connectivity index (χ2v) is 7.39. The highest BCUT2D eigenvalue weighted by Gasteiger charge is 3.03. The van der Waals surface area contributed by atoms with Crippen LogP contribution in [0.15, 0.2) is 12.4 Å². The van der Waals surface area contributed by atoms with Crippen molar-refractivity contribution in [2.75, 3.05) is 6.54 Å². The summed E-state index contributed by atoms with van der Waals surface area (Å²) in [4.78, 5) is 25.9. The van der Waals surface area contributed by atoms with Crippen LogP contribution >= 0.6 is 0 Å². The smallest absolute Gasteiger partial charge is 0.390 e. The molecule has 0 unspecified atom stereocenters. The van der Waals surface area contributed by atoms with E-state index in [0.29, 0.717) is 5.41 Å². The number of carbonyl (C=O) groups excluding carboxylic acids is 1. The average Bonchev–Trinajstić information content (AvgIpc) is 2.94. The van der Waals surface area contributed by atoms with E-state index in [0.717, 1.165) is 48.0 Å². The maximum absolute atomic E-state index is 12.0. The molecule has 0 radical (unpaired) electrons. The molecule has 1 amide bonds. The first-order valence-electron chi connectivity index (χ1n) is 7.58. The Morgan fingerprint density at radius 3 is 2.62 bits per heavy atom. The minimum absolute atomic E-state index is 0.0225. The minimum Gasteiger partial charge on any atom is -0.390 e. The number of nitrogens with zero attached hydrogens (tertiary/aromatic N) is 3. The van der Waals surface area contributed by atoms with Crippen molar-refractivity contribution in [3.8, 4) is 0 Å². The van der Waals surface area contributed by atoms with Gasteiger partial charge in [-0.25, -0.2) is 4.57 Å². The summed E-state index contributed by atoms with van der Waals surface area (Å²) >= 11 is 0. The lowest BCUT2D eigenvalue weighted by molar-refractivity contribution is -0.612. The lowest BCUT2D eigenvalue weighted by atomic mass is 8.96. The van der Waals surface area contributed by atoms with E-state index in [4.69, 9.17) is 0 Å². The van der Waals surface area contributed by atoms with Crippen molar-refractivity contribution in [2.24, 2.45) is 46.8 Å². The molecule has 6 aliphatic carbocycles. The van der Waals surface area contributed by atoms with Gasteiger partial charge >= 0.3 is 5.95 Å². The molecule has 21 heavy (non-hydrogen) atoms. The molecule has 1 aromatic heterocycles. The van der Waals surface area contributed by atoms with Gasteiger partial charge in [-0.1, -0.05) is 4.98 Å². The summed E-state index contributed by atoms with van der Waals surface area (Å²) in [6.45, 7) is 0.760. The Balaban J connectivity index is 1.12. The molecule has 7 rings (SSSR count). The second kappa shape index (κ2) is 2.84. The van der Waals surface area contributed by atoms with E-state index in [1.807, 2.05) is 0 Å². The van der Waals surface area contributed by atoms with Gasteiger partial charge in [0.15, 0.2) is 6.54 Å². The van der Waals surface area contributed by atoms with E-state index >= 15 is 0 Å². The summed E-state index contributed by atoms with van der Waals surface area (Å²) in [5.74, 6) is 6.41. The number of hydrogen-bond acceptors (Lipinski definition) is 4. The third-order valence-corrected chi connectivity index (χ3v) is 7.45.